The van der Waals surface area contributed by atoms with Crippen LogP contribution >= 0.6 is 0 Å². The number of carboxylic acids is 1. The summed E-state index contributed by atoms with van der Waals surface area (Å²) in [7, 11) is 6.03. The minimum Gasteiger partial charge on any atom is -0.478 e. The summed E-state index contributed by atoms with van der Waals surface area (Å²) in [5, 5.41) is 8.58. The van der Waals surface area contributed by atoms with E-state index in [1.807, 2.05) is 21.1 Å². The number of carbonyl (C=O) groups is 1. The van der Waals surface area contributed by atoms with E-state index in [-0.39, 0.29) is 0 Å². The van der Waals surface area contributed by atoms with Crippen molar-refractivity contribution in [2.75, 3.05) is 34.2 Å². The second-order valence-electron chi connectivity index (χ2n) is 5.07. The molecule has 1 aromatic rings. The Bertz CT molecular complexity index is 487. The number of nitrogens with zero attached hydrogens (tertiary/aromatic N) is 2. The second kappa shape index (κ2) is 7.77. The first-order valence-electron chi connectivity index (χ1n) is 6.41. The Hall–Kier alpha value is -1.72. The quantitative estimate of drug-likeness (QED) is 0.775. The molecule has 1 N–H and O–H groups in total. The van der Waals surface area contributed by atoms with E-state index in [2.05, 4.69) is 9.80 Å². The fourth-order valence-corrected chi connectivity index (χ4v) is 1.74. The highest BCUT2D eigenvalue weighted by molar-refractivity contribution is 5.85. The minimum absolute atomic E-state index is 0.297. The van der Waals surface area contributed by atoms with Crippen molar-refractivity contribution in [2.24, 2.45) is 0 Å². The van der Waals surface area contributed by atoms with Gasteiger partial charge in [0.05, 0.1) is 0 Å². The fourth-order valence-electron chi connectivity index (χ4n) is 1.74. The topological polar surface area (TPSA) is 43.8 Å². The normalized spacial score (nSPS) is 11.7. The molecular weight excluding hydrogens is 259 g/mol. The fraction of sp³-hybridized carbons (Fsp3) is 0.400. The third kappa shape index (κ3) is 5.95. The summed E-state index contributed by atoms with van der Waals surface area (Å²) in [5.41, 5.74) is 1.25. The summed E-state index contributed by atoms with van der Waals surface area (Å²) in [6.45, 7) is 2.55. The Balaban J connectivity index is 2.72. The van der Waals surface area contributed by atoms with Gasteiger partial charge >= 0.3 is 5.97 Å². The number of aliphatic carboxylic acids is 1. The van der Waals surface area contributed by atoms with Gasteiger partial charge < -0.3 is 14.9 Å². The van der Waals surface area contributed by atoms with Gasteiger partial charge in [-0.2, -0.15) is 0 Å². The van der Waals surface area contributed by atoms with Crippen LogP contribution < -0.4 is 0 Å². The lowest BCUT2D eigenvalue weighted by Gasteiger charge is -2.19. The predicted octanol–water partition coefficient (Wildman–Crippen LogP) is 1.92. The van der Waals surface area contributed by atoms with Gasteiger partial charge in [-0.1, -0.05) is 6.07 Å². The zero-order valence-electron chi connectivity index (χ0n) is 12.1. The number of rotatable bonds is 7. The average Bonchev–Trinajstić information content (AvgIpc) is 2.37. The highest BCUT2D eigenvalue weighted by Gasteiger charge is 2.05. The number of hydrogen-bond acceptors (Lipinski definition) is 3. The maximum Gasteiger partial charge on any atom is 0.328 e. The minimum atomic E-state index is -1.09. The number of carboxylic acid groups (broad SMARTS) is 1. The molecule has 4 nitrogen and oxygen atoms in total. The van der Waals surface area contributed by atoms with E-state index in [0.717, 1.165) is 24.7 Å². The maximum absolute atomic E-state index is 13.5. The number of benzene rings is 1. The highest BCUT2D eigenvalue weighted by Crippen LogP contribution is 2.13. The molecule has 0 amide bonds. The summed E-state index contributed by atoms with van der Waals surface area (Å²) in [6.07, 6.45) is 2.22. The molecule has 0 unspecified atom stereocenters. The molecule has 0 saturated carbocycles. The van der Waals surface area contributed by atoms with Crippen molar-refractivity contribution in [3.8, 4) is 0 Å². The van der Waals surface area contributed by atoms with Gasteiger partial charge in [0.2, 0.25) is 0 Å². The first-order valence-corrected chi connectivity index (χ1v) is 6.41. The molecule has 1 rings (SSSR count). The Kier molecular flexibility index (Phi) is 6.35. The van der Waals surface area contributed by atoms with Crippen LogP contribution in [0, 0.1) is 5.82 Å². The Morgan fingerprint density at radius 2 is 2.00 bits per heavy atom. The van der Waals surface area contributed by atoms with Crippen LogP contribution in [0.25, 0.3) is 6.08 Å². The largest absolute Gasteiger partial charge is 0.478 e. The molecule has 0 aliphatic heterocycles. The number of likely N-dealkylation sites (N-methyl/N-ethyl adjacent to an activating group) is 2. The lowest BCUT2D eigenvalue weighted by Crippen LogP contribution is -2.28. The first-order chi connectivity index (χ1) is 9.38. The third-order valence-corrected chi connectivity index (χ3v) is 2.85. The molecule has 110 valence electrons. The molecule has 0 aromatic heterocycles. The second-order valence-corrected chi connectivity index (χ2v) is 5.07. The van der Waals surface area contributed by atoms with Crippen molar-refractivity contribution in [1.29, 1.82) is 0 Å². The summed E-state index contributed by atoms with van der Waals surface area (Å²) in [4.78, 5) is 14.7. The molecule has 0 aliphatic carbocycles. The van der Waals surface area contributed by atoms with Crippen molar-refractivity contribution >= 4 is 12.0 Å². The van der Waals surface area contributed by atoms with Crippen LogP contribution in [0.4, 0.5) is 4.39 Å². The van der Waals surface area contributed by atoms with Crippen LogP contribution in [0.1, 0.15) is 11.1 Å². The summed E-state index contributed by atoms with van der Waals surface area (Å²) in [6, 6.07) is 4.77. The maximum atomic E-state index is 13.5. The standard InChI is InChI=1S/C15H21FN2O2/c1-17(2)8-9-18(3)11-12-4-6-14(16)13(10-12)5-7-15(19)20/h4-7,10H,8-9,11H2,1-3H3,(H,19,20). The molecule has 1 aromatic carbocycles. The molecule has 0 atom stereocenters. The average molecular weight is 280 g/mol. The Morgan fingerprint density at radius 3 is 2.60 bits per heavy atom. The molecule has 0 spiro atoms. The summed E-state index contributed by atoms with van der Waals surface area (Å²) >= 11 is 0. The Labute approximate surface area is 119 Å². The van der Waals surface area contributed by atoms with Gasteiger partial charge in [0.25, 0.3) is 0 Å². The van der Waals surface area contributed by atoms with Crippen molar-refractivity contribution in [3.63, 3.8) is 0 Å². The van der Waals surface area contributed by atoms with Gasteiger partial charge in [-0.3, -0.25) is 0 Å². The SMILES string of the molecule is CN(C)CCN(C)Cc1ccc(F)c(C=CC(=O)O)c1. The first kappa shape index (κ1) is 16.3. The van der Waals surface area contributed by atoms with Crippen molar-refractivity contribution in [1.82, 2.24) is 9.80 Å². The van der Waals surface area contributed by atoms with Gasteiger partial charge in [-0.25, -0.2) is 9.18 Å². The molecule has 5 heteroatoms. The Morgan fingerprint density at radius 1 is 1.30 bits per heavy atom. The van der Waals surface area contributed by atoms with E-state index in [4.69, 9.17) is 5.11 Å². The summed E-state index contributed by atoms with van der Waals surface area (Å²) in [5.74, 6) is -1.50. The summed E-state index contributed by atoms with van der Waals surface area (Å²) < 4.78 is 13.5. The number of hydrogen-bond donors (Lipinski definition) is 1. The lowest BCUT2D eigenvalue weighted by atomic mass is 10.1. The molecule has 0 bridgehead atoms. The van der Waals surface area contributed by atoms with Crippen LogP contribution in [0.3, 0.4) is 0 Å². The van der Waals surface area contributed by atoms with E-state index in [0.29, 0.717) is 12.1 Å². The smallest absolute Gasteiger partial charge is 0.328 e. The van der Waals surface area contributed by atoms with Gasteiger partial charge in [-0.15, -0.1) is 0 Å². The monoisotopic (exact) mass is 280 g/mol. The molecular formula is C15H21FN2O2. The van der Waals surface area contributed by atoms with E-state index in [9.17, 15) is 9.18 Å². The van der Waals surface area contributed by atoms with Gasteiger partial charge in [0.1, 0.15) is 5.82 Å². The van der Waals surface area contributed by atoms with Crippen LogP contribution in [-0.4, -0.2) is 55.1 Å². The van der Waals surface area contributed by atoms with E-state index >= 15 is 0 Å². The van der Waals surface area contributed by atoms with Gasteiger partial charge in [0, 0.05) is 31.3 Å². The molecule has 20 heavy (non-hydrogen) atoms. The lowest BCUT2D eigenvalue weighted by molar-refractivity contribution is -0.131. The van der Waals surface area contributed by atoms with E-state index < -0.39 is 11.8 Å². The number of halogens is 1. The van der Waals surface area contributed by atoms with Crippen molar-refractivity contribution in [3.05, 3.63) is 41.2 Å². The van der Waals surface area contributed by atoms with Crippen LogP contribution in [0.15, 0.2) is 24.3 Å². The zero-order chi connectivity index (χ0) is 15.1. The molecule has 0 heterocycles. The van der Waals surface area contributed by atoms with Crippen molar-refractivity contribution < 1.29 is 14.3 Å². The molecule has 0 saturated heterocycles. The zero-order valence-corrected chi connectivity index (χ0v) is 12.1. The van der Waals surface area contributed by atoms with E-state index in [1.54, 1.807) is 12.1 Å². The third-order valence-electron chi connectivity index (χ3n) is 2.85. The van der Waals surface area contributed by atoms with Crippen LogP contribution in [0.5, 0.6) is 0 Å². The molecule has 0 fully saturated rings. The van der Waals surface area contributed by atoms with Crippen LogP contribution in [-0.2, 0) is 11.3 Å². The van der Waals surface area contributed by atoms with E-state index in [1.165, 1.54) is 12.1 Å². The van der Waals surface area contributed by atoms with Crippen LogP contribution in [0.2, 0.25) is 0 Å². The van der Waals surface area contributed by atoms with Gasteiger partial charge in [0.15, 0.2) is 0 Å². The van der Waals surface area contributed by atoms with Gasteiger partial charge in [-0.05, 0) is 44.9 Å². The molecule has 0 aliphatic rings. The highest BCUT2D eigenvalue weighted by atomic mass is 19.1. The molecule has 0 radical (unpaired) electrons. The predicted molar refractivity (Wildman–Crippen MR) is 78.0 cm³/mol. The van der Waals surface area contributed by atoms with Crippen molar-refractivity contribution in [2.45, 2.75) is 6.54 Å².